The SMILES string of the molecule is N#Cc1ccc(N)cc1C(O)C(O)C#N. The first-order valence-corrected chi connectivity index (χ1v) is 4.15. The summed E-state index contributed by atoms with van der Waals surface area (Å²) in [5.74, 6) is 0. The summed E-state index contributed by atoms with van der Waals surface area (Å²) in [7, 11) is 0. The third kappa shape index (κ3) is 2.23. The van der Waals surface area contributed by atoms with Crippen LogP contribution in [-0.2, 0) is 0 Å². The minimum Gasteiger partial charge on any atom is -0.399 e. The molecule has 0 saturated carbocycles. The molecular formula is C10H9N3O2. The Balaban J connectivity index is 3.19. The number of nitrogen functional groups attached to an aromatic ring is 1. The lowest BCUT2D eigenvalue weighted by atomic mass is 9.99. The van der Waals surface area contributed by atoms with Crippen molar-refractivity contribution in [1.29, 1.82) is 10.5 Å². The van der Waals surface area contributed by atoms with Crippen molar-refractivity contribution in [3.8, 4) is 12.1 Å². The predicted octanol–water partition coefficient (Wildman–Crippen LogP) is 0.0584. The molecule has 0 aliphatic carbocycles. The van der Waals surface area contributed by atoms with Crippen molar-refractivity contribution in [1.82, 2.24) is 0 Å². The topological polar surface area (TPSA) is 114 Å². The van der Waals surface area contributed by atoms with Crippen LogP contribution >= 0.6 is 0 Å². The fraction of sp³-hybridized carbons (Fsp3) is 0.200. The molecule has 0 fully saturated rings. The molecule has 0 aliphatic rings. The van der Waals surface area contributed by atoms with Crippen LogP contribution in [0.25, 0.3) is 0 Å². The van der Waals surface area contributed by atoms with Gasteiger partial charge in [-0.1, -0.05) is 0 Å². The largest absolute Gasteiger partial charge is 0.399 e. The molecular weight excluding hydrogens is 194 g/mol. The van der Waals surface area contributed by atoms with Crippen molar-refractivity contribution in [2.45, 2.75) is 12.2 Å². The quantitative estimate of drug-likeness (QED) is 0.464. The van der Waals surface area contributed by atoms with Gasteiger partial charge in [-0.15, -0.1) is 0 Å². The second kappa shape index (κ2) is 4.43. The Labute approximate surface area is 86.6 Å². The van der Waals surface area contributed by atoms with Gasteiger partial charge in [-0.2, -0.15) is 10.5 Å². The number of nitrogens with two attached hydrogens (primary N) is 1. The van der Waals surface area contributed by atoms with Gasteiger partial charge in [0.15, 0.2) is 6.10 Å². The highest BCUT2D eigenvalue weighted by Gasteiger charge is 2.20. The Morgan fingerprint density at radius 3 is 2.47 bits per heavy atom. The fourth-order valence-electron chi connectivity index (χ4n) is 1.17. The van der Waals surface area contributed by atoms with Crippen LogP contribution in [0.4, 0.5) is 5.69 Å². The molecule has 76 valence electrons. The molecule has 0 heterocycles. The van der Waals surface area contributed by atoms with Crippen LogP contribution < -0.4 is 5.73 Å². The zero-order valence-electron chi connectivity index (χ0n) is 7.75. The normalized spacial score (nSPS) is 13.6. The zero-order chi connectivity index (χ0) is 11.4. The van der Waals surface area contributed by atoms with Crippen LogP contribution in [0, 0.1) is 22.7 Å². The number of nitrogens with zero attached hydrogens (tertiary/aromatic N) is 2. The minimum absolute atomic E-state index is 0.159. The van der Waals surface area contributed by atoms with Crippen LogP contribution in [0.5, 0.6) is 0 Å². The van der Waals surface area contributed by atoms with Gasteiger partial charge in [-0.3, -0.25) is 0 Å². The van der Waals surface area contributed by atoms with Crippen molar-refractivity contribution in [2.24, 2.45) is 0 Å². The number of nitriles is 2. The van der Waals surface area contributed by atoms with Gasteiger partial charge in [0.1, 0.15) is 6.10 Å². The number of hydrogen-bond donors (Lipinski definition) is 3. The average molecular weight is 203 g/mol. The van der Waals surface area contributed by atoms with E-state index in [0.717, 1.165) is 0 Å². The van der Waals surface area contributed by atoms with Crippen LogP contribution in [0.2, 0.25) is 0 Å². The van der Waals surface area contributed by atoms with Crippen LogP contribution in [0.1, 0.15) is 17.2 Å². The van der Waals surface area contributed by atoms with E-state index in [1.165, 1.54) is 24.3 Å². The number of anilines is 1. The van der Waals surface area contributed by atoms with E-state index in [1.54, 1.807) is 0 Å². The maximum Gasteiger partial charge on any atom is 0.170 e. The molecule has 1 aromatic carbocycles. The van der Waals surface area contributed by atoms with Crippen LogP contribution in [0.3, 0.4) is 0 Å². The molecule has 4 N–H and O–H groups in total. The Morgan fingerprint density at radius 1 is 1.27 bits per heavy atom. The maximum absolute atomic E-state index is 9.55. The van der Waals surface area contributed by atoms with Crippen molar-refractivity contribution in [3.05, 3.63) is 29.3 Å². The highest BCUT2D eigenvalue weighted by molar-refractivity contribution is 5.50. The summed E-state index contributed by atoms with van der Waals surface area (Å²) >= 11 is 0. The third-order valence-corrected chi connectivity index (χ3v) is 1.95. The lowest BCUT2D eigenvalue weighted by molar-refractivity contribution is 0.0526. The van der Waals surface area contributed by atoms with Crippen molar-refractivity contribution < 1.29 is 10.2 Å². The summed E-state index contributed by atoms with van der Waals surface area (Å²) in [5, 5.41) is 35.8. The predicted molar refractivity (Wildman–Crippen MR) is 52.1 cm³/mol. The number of hydrogen-bond acceptors (Lipinski definition) is 5. The smallest absolute Gasteiger partial charge is 0.170 e. The summed E-state index contributed by atoms with van der Waals surface area (Å²) in [6.45, 7) is 0. The highest BCUT2D eigenvalue weighted by atomic mass is 16.3. The van der Waals surface area contributed by atoms with E-state index in [4.69, 9.17) is 21.4 Å². The molecule has 0 aromatic heterocycles. The van der Waals surface area contributed by atoms with Gasteiger partial charge in [0.2, 0.25) is 0 Å². The minimum atomic E-state index is -1.57. The molecule has 5 heteroatoms. The number of benzene rings is 1. The summed E-state index contributed by atoms with van der Waals surface area (Å²) in [6, 6.07) is 7.64. The standard InChI is InChI=1S/C10H9N3O2/c11-4-6-1-2-7(13)3-8(6)10(15)9(14)5-12/h1-3,9-10,14-15H,13H2. The maximum atomic E-state index is 9.55. The lowest BCUT2D eigenvalue weighted by Gasteiger charge is -2.13. The molecule has 1 aromatic rings. The van der Waals surface area contributed by atoms with Gasteiger partial charge in [0.25, 0.3) is 0 Å². The Hall–Kier alpha value is -2.08. The molecule has 1 rings (SSSR count). The van der Waals surface area contributed by atoms with Crippen molar-refractivity contribution in [3.63, 3.8) is 0 Å². The molecule has 0 spiro atoms. The molecule has 0 aliphatic heterocycles. The van der Waals surface area contributed by atoms with Crippen molar-refractivity contribution in [2.75, 3.05) is 5.73 Å². The van der Waals surface area contributed by atoms with Gasteiger partial charge in [-0.05, 0) is 18.2 Å². The first-order chi connectivity index (χ1) is 7.10. The lowest BCUT2D eigenvalue weighted by Crippen LogP contribution is -2.17. The van der Waals surface area contributed by atoms with E-state index in [0.29, 0.717) is 5.69 Å². The number of aliphatic hydroxyl groups excluding tert-OH is 2. The highest BCUT2D eigenvalue weighted by Crippen LogP contribution is 2.22. The molecule has 0 radical (unpaired) electrons. The molecule has 0 saturated heterocycles. The summed E-state index contributed by atoms with van der Waals surface area (Å²) in [5.41, 5.74) is 6.18. The van der Waals surface area contributed by atoms with E-state index in [2.05, 4.69) is 0 Å². The summed E-state index contributed by atoms with van der Waals surface area (Å²) < 4.78 is 0. The average Bonchev–Trinajstić information content (AvgIpc) is 2.27. The summed E-state index contributed by atoms with van der Waals surface area (Å²) in [4.78, 5) is 0. The third-order valence-electron chi connectivity index (χ3n) is 1.95. The first kappa shape index (κ1) is 11.0. The van der Waals surface area contributed by atoms with Gasteiger partial charge in [0, 0.05) is 11.3 Å². The molecule has 15 heavy (non-hydrogen) atoms. The molecule has 2 unspecified atom stereocenters. The molecule has 5 nitrogen and oxygen atoms in total. The van der Waals surface area contributed by atoms with Crippen molar-refractivity contribution >= 4 is 5.69 Å². The summed E-state index contributed by atoms with van der Waals surface area (Å²) in [6.07, 6.45) is -2.99. The van der Waals surface area contributed by atoms with Gasteiger partial charge >= 0.3 is 0 Å². The molecule has 2 atom stereocenters. The second-order valence-electron chi connectivity index (χ2n) is 2.98. The zero-order valence-corrected chi connectivity index (χ0v) is 7.75. The van der Waals surface area contributed by atoms with Gasteiger partial charge in [0.05, 0.1) is 17.7 Å². The Morgan fingerprint density at radius 2 is 1.93 bits per heavy atom. The van der Waals surface area contributed by atoms with E-state index in [9.17, 15) is 5.11 Å². The van der Waals surface area contributed by atoms with Crippen LogP contribution in [-0.4, -0.2) is 16.3 Å². The van der Waals surface area contributed by atoms with E-state index in [1.807, 2.05) is 6.07 Å². The monoisotopic (exact) mass is 203 g/mol. The Kier molecular flexibility index (Phi) is 3.25. The van der Waals surface area contributed by atoms with E-state index in [-0.39, 0.29) is 11.1 Å². The Bertz CT molecular complexity index is 445. The molecule has 0 bridgehead atoms. The van der Waals surface area contributed by atoms with E-state index < -0.39 is 12.2 Å². The second-order valence-corrected chi connectivity index (χ2v) is 2.98. The van der Waals surface area contributed by atoms with Gasteiger partial charge < -0.3 is 15.9 Å². The van der Waals surface area contributed by atoms with Gasteiger partial charge in [-0.25, -0.2) is 0 Å². The number of rotatable bonds is 2. The first-order valence-electron chi connectivity index (χ1n) is 4.15. The number of aliphatic hydroxyl groups is 2. The van der Waals surface area contributed by atoms with Crippen LogP contribution in [0.15, 0.2) is 18.2 Å². The fourth-order valence-corrected chi connectivity index (χ4v) is 1.17. The van der Waals surface area contributed by atoms with E-state index >= 15 is 0 Å². The molecule has 0 amide bonds.